The Balaban J connectivity index is 3.59. The first-order chi connectivity index (χ1) is 5.98. The molecule has 0 saturated carbocycles. The second-order valence-electron chi connectivity index (χ2n) is 3.96. The molecule has 0 atom stereocenters. The van der Waals surface area contributed by atoms with Crippen LogP contribution in [-0.4, -0.2) is 51.2 Å². The normalized spacial score (nSPS) is 11.6. The fourth-order valence-corrected chi connectivity index (χ4v) is 1.19. The van der Waals surface area contributed by atoms with Gasteiger partial charge < -0.3 is 19.7 Å². The quantitative estimate of drug-likeness (QED) is 0.404. The van der Waals surface area contributed by atoms with E-state index in [2.05, 4.69) is 5.32 Å². The lowest BCUT2D eigenvalue weighted by atomic mass is 10.3. The minimum absolute atomic E-state index is 0.145. The summed E-state index contributed by atoms with van der Waals surface area (Å²) in [5.41, 5.74) is 0. The number of rotatable bonds is 7. The van der Waals surface area contributed by atoms with Crippen LogP contribution in [0, 0.1) is 0 Å². The Hall–Kier alpha value is -0.610. The molecule has 13 heavy (non-hydrogen) atoms. The van der Waals surface area contributed by atoms with Crippen molar-refractivity contribution in [3.63, 3.8) is 0 Å². The first-order valence-electron chi connectivity index (χ1n) is 4.64. The van der Waals surface area contributed by atoms with Gasteiger partial charge in [-0.3, -0.25) is 0 Å². The molecule has 1 N–H and O–H groups in total. The molecule has 0 aliphatic carbocycles. The van der Waals surface area contributed by atoms with Crippen LogP contribution in [-0.2, 0) is 4.79 Å². The SMILES string of the molecule is CNCCC[N+](C)(C)CCC(=O)[O-]. The van der Waals surface area contributed by atoms with Gasteiger partial charge in [-0.2, -0.15) is 0 Å². The summed E-state index contributed by atoms with van der Waals surface area (Å²) in [7, 11) is 6.00. The largest absolute Gasteiger partial charge is 0.550 e. The van der Waals surface area contributed by atoms with Crippen molar-refractivity contribution in [1.82, 2.24) is 5.32 Å². The van der Waals surface area contributed by atoms with Crippen molar-refractivity contribution in [3.05, 3.63) is 0 Å². The van der Waals surface area contributed by atoms with Crippen molar-refractivity contribution in [2.75, 3.05) is 40.8 Å². The van der Waals surface area contributed by atoms with E-state index in [0.717, 1.165) is 24.0 Å². The lowest BCUT2D eigenvalue weighted by molar-refractivity contribution is -0.890. The van der Waals surface area contributed by atoms with Gasteiger partial charge in [0.1, 0.15) is 0 Å². The Morgan fingerprint density at radius 3 is 2.46 bits per heavy atom. The summed E-state index contributed by atoms with van der Waals surface area (Å²) in [6.07, 6.45) is 1.21. The maximum Gasteiger partial charge on any atom is 0.0835 e. The molecule has 0 aliphatic heterocycles. The predicted molar refractivity (Wildman–Crippen MR) is 50.0 cm³/mol. The number of hydrogen-bond donors (Lipinski definition) is 1. The molecule has 0 unspecified atom stereocenters. The highest BCUT2D eigenvalue weighted by Crippen LogP contribution is 2.00. The number of carboxylic acid groups (broad SMARTS) is 1. The average molecular weight is 188 g/mol. The van der Waals surface area contributed by atoms with Gasteiger partial charge in [0, 0.05) is 25.4 Å². The number of carbonyl (C=O) groups excluding carboxylic acids is 1. The molecule has 0 rings (SSSR count). The maximum absolute atomic E-state index is 10.2. The second kappa shape index (κ2) is 5.94. The maximum atomic E-state index is 10.2. The Labute approximate surface area is 80.1 Å². The molecule has 0 radical (unpaired) electrons. The van der Waals surface area contributed by atoms with Gasteiger partial charge in [0.25, 0.3) is 0 Å². The van der Waals surface area contributed by atoms with Crippen LogP contribution < -0.4 is 10.4 Å². The van der Waals surface area contributed by atoms with E-state index in [4.69, 9.17) is 0 Å². The number of carboxylic acids is 1. The Kier molecular flexibility index (Phi) is 5.66. The fourth-order valence-electron chi connectivity index (χ4n) is 1.19. The van der Waals surface area contributed by atoms with Crippen LogP contribution >= 0.6 is 0 Å². The second-order valence-corrected chi connectivity index (χ2v) is 3.96. The molecule has 0 fully saturated rings. The van der Waals surface area contributed by atoms with Gasteiger partial charge in [0.2, 0.25) is 0 Å². The van der Waals surface area contributed by atoms with Crippen LogP contribution in [0.2, 0.25) is 0 Å². The van der Waals surface area contributed by atoms with Gasteiger partial charge in [-0.25, -0.2) is 0 Å². The predicted octanol–water partition coefficient (Wildman–Crippen LogP) is -1.19. The summed E-state index contributed by atoms with van der Waals surface area (Å²) in [5, 5.41) is 13.3. The molecule has 0 amide bonds. The van der Waals surface area contributed by atoms with E-state index in [-0.39, 0.29) is 6.42 Å². The summed E-state index contributed by atoms with van der Waals surface area (Å²) < 4.78 is 0.746. The van der Waals surface area contributed by atoms with Gasteiger partial charge in [-0.15, -0.1) is 0 Å². The van der Waals surface area contributed by atoms with E-state index in [9.17, 15) is 9.90 Å². The topological polar surface area (TPSA) is 52.2 Å². The highest BCUT2D eigenvalue weighted by Gasteiger charge is 2.13. The van der Waals surface area contributed by atoms with Gasteiger partial charge in [0.15, 0.2) is 0 Å². The van der Waals surface area contributed by atoms with Gasteiger partial charge in [0.05, 0.1) is 27.2 Å². The zero-order chi connectivity index (χ0) is 10.3. The summed E-state index contributed by atoms with van der Waals surface area (Å²) >= 11 is 0. The molecular weight excluding hydrogens is 168 g/mol. The van der Waals surface area contributed by atoms with Crippen LogP contribution in [0.25, 0.3) is 0 Å². The molecule has 78 valence electrons. The Bertz CT molecular complexity index is 158. The standard InChI is InChI=1S/C9H20N2O2/c1-10-6-4-7-11(2,3)8-5-9(12)13/h10H,4-8H2,1-3H3. The Morgan fingerprint density at radius 1 is 1.38 bits per heavy atom. The number of nitrogens with zero attached hydrogens (tertiary/aromatic N) is 1. The minimum Gasteiger partial charge on any atom is -0.550 e. The lowest BCUT2D eigenvalue weighted by Gasteiger charge is -2.30. The van der Waals surface area contributed by atoms with E-state index in [1.54, 1.807) is 0 Å². The van der Waals surface area contributed by atoms with Gasteiger partial charge >= 0.3 is 0 Å². The summed E-state index contributed by atoms with van der Waals surface area (Å²) in [5.74, 6) is -0.959. The van der Waals surface area contributed by atoms with Crippen LogP contribution in [0.4, 0.5) is 0 Å². The van der Waals surface area contributed by atoms with Crippen molar-refractivity contribution >= 4 is 5.97 Å². The number of hydrogen-bond acceptors (Lipinski definition) is 3. The molecule has 0 aromatic rings. The van der Waals surface area contributed by atoms with Crippen molar-refractivity contribution in [2.45, 2.75) is 12.8 Å². The van der Waals surface area contributed by atoms with E-state index in [0.29, 0.717) is 6.54 Å². The summed E-state index contributed by atoms with van der Waals surface area (Å²) in [6.45, 7) is 2.62. The fraction of sp³-hybridized carbons (Fsp3) is 0.889. The summed E-state index contributed by atoms with van der Waals surface area (Å²) in [6, 6.07) is 0. The molecule has 0 aromatic heterocycles. The van der Waals surface area contributed by atoms with Crippen molar-refractivity contribution in [3.8, 4) is 0 Å². The number of quaternary nitrogens is 1. The van der Waals surface area contributed by atoms with E-state index in [1.807, 2.05) is 21.1 Å². The first-order valence-corrected chi connectivity index (χ1v) is 4.64. The van der Waals surface area contributed by atoms with Crippen molar-refractivity contribution < 1.29 is 14.4 Å². The molecule has 0 spiro atoms. The van der Waals surface area contributed by atoms with E-state index < -0.39 is 5.97 Å². The number of aliphatic carboxylic acids is 1. The summed E-state index contributed by atoms with van der Waals surface area (Å²) in [4.78, 5) is 10.2. The third-order valence-electron chi connectivity index (χ3n) is 2.11. The number of nitrogens with one attached hydrogen (secondary N) is 1. The Morgan fingerprint density at radius 2 is 2.00 bits per heavy atom. The molecule has 0 aliphatic rings. The third-order valence-corrected chi connectivity index (χ3v) is 2.11. The molecule has 0 aromatic carbocycles. The first kappa shape index (κ1) is 12.4. The molecule has 4 heteroatoms. The third kappa shape index (κ3) is 7.74. The van der Waals surface area contributed by atoms with Gasteiger partial charge in [-0.1, -0.05) is 0 Å². The number of carbonyl (C=O) groups is 1. The zero-order valence-corrected chi connectivity index (χ0v) is 8.80. The average Bonchev–Trinajstić information content (AvgIpc) is 2.02. The molecule has 0 heterocycles. The smallest absolute Gasteiger partial charge is 0.0835 e. The van der Waals surface area contributed by atoms with Crippen LogP contribution in [0.15, 0.2) is 0 Å². The van der Waals surface area contributed by atoms with Crippen molar-refractivity contribution in [2.24, 2.45) is 0 Å². The van der Waals surface area contributed by atoms with E-state index in [1.165, 1.54) is 0 Å². The monoisotopic (exact) mass is 188 g/mol. The van der Waals surface area contributed by atoms with Crippen molar-refractivity contribution in [1.29, 1.82) is 0 Å². The lowest BCUT2D eigenvalue weighted by Crippen LogP contribution is -2.44. The van der Waals surface area contributed by atoms with Crippen LogP contribution in [0.3, 0.4) is 0 Å². The molecule has 4 nitrogen and oxygen atoms in total. The molecular formula is C9H20N2O2. The zero-order valence-electron chi connectivity index (χ0n) is 8.80. The van der Waals surface area contributed by atoms with Gasteiger partial charge in [-0.05, 0) is 7.05 Å². The van der Waals surface area contributed by atoms with E-state index >= 15 is 0 Å². The molecule has 0 bridgehead atoms. The molecule has 0 saturated heterocycles. The van der Waals surface area contributed by atoms with Crippen LogP contribution in [0.5, 0.6) is 0 Å². The van der Waals surface area contributed by atoms with Crippen LogP contribution in [0.1, 0.15) is 12.8 Å². The highest BCUT2D eigenvalue weighted by atomic mass is 16.4. The minimum atomic E-state index is -0.959. The highest BCUT2D eigenvalue weighted by molar-refractivity contribution is 5.64.